The number of H-pyrrole nitrogens is 1. The first-order chi connectivity index (χ1) is 15.8. The zero-order valence-electron chi connectivity index (χ0n) is 20.4. The SMILES string of the molecule is CC(C)(C)c1ccc(C(=C[C@H]2CCC(=O)N2)c2ccc(CCC3CCCCC3)c(=O)[nH]2)cc1. The highest BCUT2D eigenvalue weighted by Crippen LogP contribution is 2.29. The van der Waals surface area contributed by atoms with E-state index in [-0.39, 0.29) is 22.9 Å². The van der Waals surface area contributed by atoms with Crippen LogP contribution in [0.2, 0.25) is 0 Å². The van der Waals surface area contributed by atoms with Crippen LogP contribution in [-0.2, 0) is 16.6 Å². The molecule has 0 radical (unpaired) electrons. The topological polar surface area (TPSA) is 62.0 Å². The van der Waals surface area contributed by atoms with Gasteiger partial charge in [0.1, 0.15) is 0 Å². The van der Waals surface area contributed by atoms with Crippen molar-refractivity contribution in [3.63, 3.8) is 0 Å². The van der Waals surface area contributed by atoms with Crippen molar-refractivity contribution in [1.82, 2.24) is 10.3 Å². The van der Waals surface area contributed by atoms with E-state index < -0.39 is 0 Å². The molecular weight excluding hydrogens is 408 g/mol. The van der Waals surface area contributed by atoms with Gasteiger partial charge in [-0.2, -0.15) is 0 Å². The smallest absolute Gasteiger partial charge is 0.251 e. The Morgan fingerprint density at radius 2 is 1.70 bits per heavy atom. The van der Waals surface area contributed by atoms with Gasteiger partial charge < -0.3 is 10.3 Å². The number of aryl methyl sites for hydroxylation is 1. The van der Waals surface area contributed by atoms with Crippen LogP contribution in [0, 0.1) is 5.92 Å². The van der Waals surface area contributed by atoms with Crippen molar-refractivity contribution >= 4 is 11.5 Å². The molecule has 1 aromatic carbocycles. The number of pyridine rings is 1. The average Bonchev–Trinajstić information content (AvgIpc) is 3.21. The lowest BCUT2D eigenvalue weighted by molar-refractivity contribution is -0.119. The Labute approximate surface area is 197 Å². The van der Waals surface area contributed by atoms with Gasteiger partial charge in [0.15, 0.2) is 0 Å². The van der Waals surface area contributed by atoms with E-state index in [2.05, 4.69) is 61.4 Å². The second kappa shape index (κ2) is 10.1. The summed E-state index contributed by atoms with van der Waals surface area (Å²) in [5.74, 6) is 0.853. The van der Waals surface area contributed by atoms with E-state index in [0.29, 0.717) is 6.42 Å². The molecule has 2 aromatic rings. The zero-order chi connectivity index (χ0) is 23.4. The molecule has 1 aliphatic carbocycles. The minimum Gasteiger partial charge on any atom is -0.350 e. The lowest BCUT2D eigenvalue weighted by Gasteiger charge is -2.21. The Morgan fingerprint density at radius 3 is 2.30 bits per heavy atom. The van der Waals surface area contributed by atoms with E-state index in [4.69, 9.17) is 0 Å². The third-order valence-corrected chi connectivity index (χ3v) is 7.29. The molecule has 2 heterocycles. The second-order valence-electron chi connectivity index (χ2n) is 10.9. The average molecular weight is 447 g/mol. The zero-order valence-corrected chi connectivity index (χ0v) is 20.4. The van der Waals surface area contributed by atoms with Gasteiger partial charge in [0.05, 0.1) is 0 Å². The number of amides is 1. The number of carbonyl (C=O) groups is 1. The van der Waals surface area contributed by atoms with Gasteiger partial charge in [-0.25, -0.2) is 0 Å². The third-order valence-electron chi connectivity index (χ3n) is 7.29. The highest BCUT2D eigenvalue weighted by molar-refractivity contribution is 5.82. The molecule has 1 amide bonds. The number of carbonyl (C=O) groups excluding carboxylic acids is 1. The lowest BCUT2D eigenvalue weighted by atomic mass is 9.85. The molecule has 1 saturated carbocycles. The van der Waals surface area contributed by atoms with Crippen LogP contribution >= 0.6 is 0 Å². The first-order valence-electron chi connectivity index (χ1n) is 12.6. The molecule has 176 valence electrons. The van der Waals surface area contributed by atoms with Crippen LogP contribution in [0.3, 0.4) is 0 Å². The number of rotatable bonds is 6. The predicted molar refractivity (Wildman–Crippen MR) is 135 cm³/mol. The molecule has 2 N–H and O–H groups in total. The molecule has 2 aliphatic rings. The number of hydrogen-bond acceptors (Lipinski definition) is 2. The number of nitrogens with one attached hydrogen (secondary N) is 2. The summed E-state index contributed by atoms with van der Waals surface area (Å²) >= 11 is 0. The number of aromatic amines is 1. The predicted octanol–water partition coefficient (Wildman–Crippen LogP) is 5.90. The van der Waals surface area contributed by atoms with E-state index in [1.54, 1.807) is 0 Å². The maximum Gasteiger partial charge on any atom is 0.251 e. The summed E-state index contributed by atoms with van der Waals surface area (Å²) in [6.07, 6.45) is 12.0. The van der Waals surface area contributed by atoms with Gasteiger partial charge in [0.25, 0.3) is 5.56 Å². The Morgan fingerprint density at radius 1 is 0.970 bits per heavy atom. The number of aromatic nitrogens is 1. The normalized spacial score (nSPS) is 20.2. The van der Waals surface area contributed by atoms with Gasteiger partial charge in [0.2, 0.25) is 5.91 Å². The molecular formula is C29H38N2O2. The van der Waals surface area contributed by atoms with Gasteiger partial charge in [-0.1, -0.05) is 89.3 Å². The highest BCUT2D eigenvalue weighted by Gasteiger charge is 2.21. The van der Waals surface area contributed by atoms with Gasteiger partial charge in [-0.05, 0) is 47.8 Å². The molecule has 0 bridgehead atoms. The minimum atomic E-state index is -0.00993. The fraction of sp³-hybridized carbons (Fsp3) is 0.517. The quantitative estimate of drug-likeness (QED) is 0.581. The van der Waals surface area contributed by atoms with Crippen LogP contribution in [0.4, 0.5) is 0 Å². The summed E-state index contributed by atoms with van der Waals surface area (Å²) < 4.78 is 0. The monoisotopic (exact) mass is 446 g/mol. The van der Waals surface area contributed by atoms with E-state index in [1.807, 2.05) is 12.1 Å². The molecule has 0 spiro atoms. The van der Waals surface area contributed by atoms with E-state index in [9.17, 15) is 9.59 Å². The molecule has 1 aliphatic heterocycles. The van der Waals surface area contributed by atoms with E-state index in [1.165, 1.54) is 37.7 Å². The fourth-order valence-corrected chi connectivity index (χ4v) is 5.15. The van der Waals surface area contributed by atoms with Crippen molar-refractivity contribution in [2.24, 2.45) is 5.92 Å². The van der Waals surface area contributed by atoms with Crippen LogP contribution in [-0.4, -0.2) is 16.9 Å². The van der Waals surface area contributed by atoms with Crippen molar-refractivity contribution in [1.29, 1.82) is 0 Å². The molecule has 33 heavy (non-hydrogen) atoms. The first-order valence-corrected chi connectivity index (χ1v) is 12.6. The van der Waals surface area contributed by atoms with Crippen LogP contribution in [0.5, 0.6) is 0 Å². The van der Waals surface area contributed by atoms with Crippen LogP contribution in [0.25, 0.3) is 5.57 Å². The largest absolute Gasteiger partial charge is 0.350 e. The van der Waals surface area contributed by atoms with Crippen molar-refractivity contribution in [2.75, 3.05) is 0 Å². The van der Waals surface area contributed by atoms with Crippen molar-refractivity contribution < 1.29 is 4.79 Å². The Balaban J connectivity index is 1.60. The number of benzene rings is 1. The molecule has 1 atom stereocenters. The summed E-state index contributed by atoms with van der Waals surface area (Å²) in [7, 11) is 0. The molecule has 1 aromatic heterocycles. The third kappa shape index (κ3) is 6.04. The van der Waals surface area contributed by atoms with Crippen molar-refractivity contribution in [3.05, 3.63) is 75.2 Å². The maximum absolute atomic E-state index is 13.0. The van der Waals surface area contributed by atoms with Crippen LogP contribution in [0.1, 0.15) is 94.5 Å². The number of hydrogen-bond donors (Lipinski definition) is 2. The summed E-state index contributed by atoms with van der Waals surface area (Å²) in [4.78, 5) is 27.9. The van der Waals surface area contributed by atoms with Crippen molar-refractivity contribution in [2.45, 2.75) is 90.0 Å². The summed E-state index contributed by atoms with van der Waals surface area (Å²) in [6.45, 7) is 6.61. The van der Waals surface area contributed by atoms with Gasteiger partial charge >= 0.3 is 0 Å². The van der Waals surface area contributed by atoms with E-state index >= 15 is 0 Å². The minimum absolute atomic E-state index is 0.00993. The molecule has 1 saturated heterocycles. The molecule has 2 fully saturated rings. The molecule has 4 heteroatoms. The fourth-order valence-electron chi connectivity index (χ4n) is 5.15. The summed E-state index contributed by atoms with van der Waals surface area (Å²) in [6, 6.07) is 12.6. The van der Waals surface area contributed by atoms with Crippen molar-refractivity contribution in [3.8, 4) is 0 Å². The molecule has 4 nitrogen and oxygen atoms in total. The Kier molecular flexibility index (Phi) is 7.21. The molecule has 4 rings (SSSR count). The standard InChI is InChI=1S/C29H38N2O2/c1-29(2,3)23-14-11-21(12-15-23)25(19-24-16-18-27(32)30-24)26-17-13-22(28(33)31-26)10-9-20-7-5-4-6-8-20/h11-15,17,19-20,24H,4-10,16,18H2,1-3H3,(H,30,32)(H,31,33)/t24-/m1/s1. The Bertz CT molecular complexity index is 1050. The van der Waals surface area contributed by atoms with Gasteiger partial charge in [-0.15, -0.1) is 0 Å². The second-order valence-corrected chi connectivity index (χ2v) is 10.9. The van der Waals surface area contributed by atoms with Crippen LogP contribution < -0.4 is 10.9 Å². The maximum atomic E-state index is 13.0. The van der Waals surface area contributed by atoms with Gasteiger partial charge in [0, 0.05) is 29.3 Å². The van der Waals surface area contributed by atoms with Crippen LogP contribution in [0.15, 0.2) is 47.3 Å². The molecule has 0 unspecified atom stereocenters. The Hall–Kier alpha value is -2.62. The first kappa shape index (κ1) is 23.5. The summed E-state index contributed by atoms with van der Waals surface area (Å²) in [5.41, 5.74) is 5.07. The van der Waals surface area contributed by atoms with E-state index in [0.717, 1.165) is 47.6 Å². The highest BCUT2D eigenvalue weighted by atomic mass is 16.2. The summed E-state index contributed by atoms with van der Waals surface area (Å²) in [5, 5.41) is 3.03. The van der Waals surface area contributed by atoms with Gasteiger partial charge in [-0.3, -0.25) is 9.59 Å². The lowest BCUT2D eigenvalue weighted by Crippen LogP contribution is -2.24.